The van der Waals surface area contributed by atoms with E-state index < -0.39 is 11.5 Å². The molecule has 0 unspecified atom stereocenters. The van der Waals surface area contributed by atoms with Crippen molar-refractivity contribution in [2.24, 2.45) is 10.2 Å². The summed E-state index contributed by atoms with van der Waals surface area (Å²) >= 11 is 0. The minimum Gasteiger partial charge on any atom is -0.462 e. The van der Waals surface area contributed by atoms with Crippen LogP contribution in [0.1, 0.15) is 22.8 Å². The molecular formula is C15H15N3O3. The molecule has 0 aliphatic rings. The van der Waals surface area contributed by atoms with Gasteiger partial charge in [-0.15, -0.1) is 5.11 Å². The Bertz CT molecular complexity index is 721. The Labute approximate surface area is 121 Å². The van der Waals surface area contributed by atoms with Crippen molar-refractivity contribution in [3.05, 3.63) is 58.0 Å². The third-order valence-electron chi connectivity index (χ3n) is 2.84. The fourth-order valence-electron chi connectivity index (χ4n) is 1.77. The maximum absolute atomic E-state index is 11.8. The van der Waals surface area contributed by atoms with Gasteiger partial charge in [-0.2, -0.15) is 5.11 Å². The van der Waals surface area contributed by atoms with E-state index in [1.807, 2.05) is 18.2 Å². The number of pyridine rings is 1. The summed E-state index contributed by atoms with van der Waals surface area (Å²) in [4.78, 5) is 26.0. The van der Waals surface area contributed by atoms with Gasteiger partial charge in [0.25, 0.3) is 5.56 Å². The molecule has 0 radical (unpaired) electrons. The van der Waals surface area contributed by atoms with Gasteiger partial charge < -0.3 is 9.72 Å². The first-order valence-electron chi connectivity index (χ1n) is 6.49. The molecule has 6 nitrogen and oxygen atoms in total. The summed E-state index contributed by atoms with van der Waals surface area (Å²) < 4.78 is 4.88. The fraction of sp³-hybridized carbons (Fsp3) is 0.200. The largest absolute Gasteiger partial charge is 0.462 e. The Morgan fingerprint density at radius 1 is 1.24 bits per heavy atom. The van der Waals surface area contributed by atoms with Gasteiger partial charge in [0.1, 0.15) is 11.3 Å². The lowest BCUT2D eigenvalue weighted by molar-refractivity contribution is 0.0523. The predicted molar refractivity (Wildman–Crippen MR) is 78.4 cm³/mol. The van der Waals surface area contributed by atoms with E-state index in [9.17, 15) is 9.59 Å². The highest BCUT2D eigenvalue weighted by Crippen LogP contribution is 2.22. The Balaban J connectivity index is 2.38. The molecule has 6 heteroatoms. The van der Waals surface area contributed by atoms with Crippen molar-refractivity contribution in [1.82, 2.24) is 4.98 Å². The standard InChI is InChI=1S/C15H15N3O3/c1-3-21-15(20)13-10(2)12(9-16-14(13)19)18-17-11-7-5-4-6-8-11/h4-9H,3H2,1-2H3,(H,16,19). The zero-order valence-corrected chi connectivity index (χ0v) is 11.8. The number of benzene rings is 1. The summed E-state index contributed by atoms with van der Waals surface area (Å²) in [7, 11) is 0. The van der Waals surface area contributed by atoms with E-state index in [0.717, 1.165) is 0 Å². The van der Waals surface area contributed by atoms with Crippen LogP contribution in [0.25, 0.3) is 0 Å². The maximum atomic E-state index is 11.8. The van der Waals surface area contributed by atoms with Crippen LogP contribution >= 0.6 is 0 Å². The average molecular weight is 285 g/mol. The van der Waals surface area contributed by atoms with Crippen LogP contribution < -0.4 is 5.56 Å². The Morgan fingerprint density at radius 2 is 1.95 bits per heavy atom. The summed E-state index contributed by atoms with van der Waals surface area (Å²) in [5, 5.41) is 8.13. The minimum atomic E-state index is -0.659. The zero-order chi connectivity index (χ0) is 15.2. The Kier molecular flexibility index (Phi) is 4.61. The minimum absolute atomic E-state index is 0.0404. The van der Waals surface area contributed by atoms with Gasteiger partial charge in [0.2, 0.25) is 0 Å². The molecule has 2 aromatic rings. The number of esters is 1. The van der Waals surface area contributed by atoms with E-state index in [0.29, 0.717) is 16.9 Å². The second-order valence-electron chi connectivity index (χ2n) is 4.26. The number of azo groups is 1. The van der Waals surface area contributed by atoms with Crippen LogP contribution in [0, 0.1) is 6.92 Å². The van der Waals surface area contributed by atoms with Crippen LogP contribution in [-0.4, -0.2) is 17.6 Å². The molecule has 0 atom stereocenters. The molecule has 1 aromatic heterocycles. The molecule has 0 aliphatic heterocycles. The third kappa shape index (κ3) is 3.42. The van der Waals surface area contributed by atoms with Gasteiger partial charge in [-0.05, 0) is 31.5 Å². The van der Waals surface area contributed by atoms with E-state index in [-0.39, 0.29) is 12.2 Å². The number of ether oxygens (including phenoxy) is 1. The number of aromatic amines is 1. The van der Waals surface area contributed by atoms with Crippen LogP contribution in [0.15, 0.2) is 51.6 Å². The number of carbonyl (C=O) groups is 1. The first-order chi connectivity index (χ1) is 10.1. The van der Waals surface area contributed by atoms with Gasteiger partial charge in [0.05, 0.1) is 12.3 Å². The van der Waals surface area contributed by atoms with Crippen LogP contribution in [0.2, 0.25) is 0 Å². The first kappa shape index (κ1) is 14.6. The molecule has 0 aliphatic carbocycles. The van der Waals surface area contributed by atoms with Gasteiger partial charge in [-0.1, -0.05) is 18.2 Å². The van der Waals surface area contributed by atoms with Gasteiger partial charge >= 0.3 is 5.97 Å². The maximum Gasteiger partial charge on any atom is 0.344 e. The molecule has 0 saturated carbocycles. The number of carbonyl (C=O) groups excluding carboxylic acids is 1. The second kappa shape index (κ2) is 6.60. The number of hydrogen-bond acceptors (Lipinski definition) is 5. The summed E-state index contributed by atoms with van der Waals surface area (Å²) in [5.74, 6) is -0.659. The van der Waals surface area contributed by atoms with E-state index >= 15 is 0 Å². The number of rotatable bonds is 4. The number of H-pyrrole nitrogens is 1. The van der Waals surface area contributed by atoms with Gasteiger partial charge in [0, 0.05) is 6.20 Å². The molecule has 0 amide bonds. The van der Waals surface area contributed by atoms with Crippen molar-refractivity contribution in [2.75, 3.05) is 6.61 Å². The van der Waals surface area contributed by atoms with Crippen LogP contribution in [0.5, 0.6) is 0 Å². The third-order valence-corrected chi connectivity index (χ3v) is 2.84. The average Bonchev–Trinajstić information content (AvgIpc) is 2.48. The number of nitrogens with zero attached hydrogens (tertiary/aromatic N) is 2. The van der Waals surface area contributed by atoms with E-state index in [1.165, 1.54) is 6.20 Å². The zero-order valence-electron chi connectivity index (χ0n) is 11.8. The Hall–Kier alpha value is -2.76. The molecule has 21 heavy (non-hydrogen) atoms. The summed E-state index contributed by atoms with van der Waals surface area (Å²) in [6.45, 7) is 3.52. The quantitative estimate of drug-likeness (QED) is 0.691. The molecule has 0 bridgehead atoms. The fourth-order valence-corrected chi connectivity index (χ4v) is 1.77. The summed E-state index contributed by atoms with van der Waals surface area (Å²) in [6, 6.07) is 9.17. The second-order valence-corrected chi connectivity index (χ2v) is 4.26. The molecule has 0 saturated heterocycles. The lowest BCUT2D eigenvalue weighted by Gasteiger charge is -2.05. The van der Waals surface area contributed by atoms with Crippen molar-refractivity contribution < 1.29 is 9.53 Å². The molecule has 1 heterocycles. The SMILES string of the molecule is CCOC(=O)c1c(C)c(N=Nc2ccccc2)c[nH]c1=O. The van der Waals surface area contributed by atoms with Crippen molar-refractivity contribution >= 4 is 17.3 Å². The van der Waals surface area contributed by atoms with E-state index in [2.05, 4.69) is 15.2 Å². The van der Waals surface area contributed by atoms with Crippen LogP contribution in [0.3, 0.4) is 0 Å². The van der Waals surface area contributed by atoms with Gasteiger partial charge in [-0.3, -0.25) is 4.79 Å². The number of aromatic nitrogens is 1. The number of nitrogens with one attached hydrogen (secondary N) is 1. The van der Waals surface area contributed by atoms with Crippen molar-refractivity contribution in [3.8, 4) is 0 Å². The molecule has 2 rings (SSSR count). The highest BCUT2D eigenvalue weighted by Gasteiger charge is 2.17. The topological polar surface area (TPSA) is 83.9 Å². The smallest absolute Gasteiger partial charge is 0.344 e. The normalized spacial score (nSPS) is 10.8. The Morgan fingerprint density at radius 3 is 2.62 bits per heavy atom. The van der Waals surface area contributed by atoms with Crippen molar-refractivity contribution in [1.29, 1.82) is 0 Å². The summed E-state index contributed by atoms with van der Waals surface area (Å²) in [5.41, 5.74) is 1.00. The molecule has 108 valence electrons. The highest BCUT2D eigenvalue weighted by atomic mass is 16.5. The van der Waals surface area contributed by atoms with Gasteiger partial charge in [-0.25, -0.2) is 4.79 Å². The predicted octanol–water partition coefficient (Wildman–Crippen LogP) is 3.28. The molecule has 1 aromatic carbocycles. The van der Waals surface area contributed by atoms with Crippen molar-refractivity contribution in [2.45, 2.75) is 13.8 Å². The molecule has 1 N–H and O–H groups in total. The lowest BCUT2D eigenvalue weighted by atomic mass is 10.1. The lowest BCUT2D eigenvalue weighted by Crippen LogP contribution is -2.21. The van der Waals surface area contributed by atoms with Crippen LogP contribution in [-0.2, 0) is 4.74 Å². The van der Waals surface area contributed by atoms with Crippen molar-refractivity contribution in [3.63, 3.8) is 0 Å². The highest BCUT2D eigenvalue weighted by molar-refractivity contribution is 5.91. The first-order valence-corrected chi connectivity index (χ1v) is 6.49. The van der Waals surface area contributed by atoms with E-state index in [4.69, 9.17) is 4.74 Å². The van der Waals surface area contributed by atoms with Crippen LogP contribution in [0.4, 0.5) is 11.4 Å². The van der Waals surface area contributed by atoms with Gasteiger partial charge in [0.15, 0.2) is 0 Å². The monoisotopic (exact) mass is 285 g/mol. The number of hydrogen-bond donors (Lipinski definition) is 1. The molecule has 0 fully saturated rings. The molecule has 0 spiro atoms. The summed E-state index contributed by atoms with van der Waals surface area (Å²) in [6.07, 6.45) is 1.42. The molecular weight excluding hydrogens is 270 g/mol. The van der Waals surface area contributed by atoms with E-state index in [1.54, 1.807) is 26.0 Å².